The lowest BCUT2D eigenvalue weighted by Crippen LogP contribution is -2.30. The average Bonchev–Trinajstić information content (AvgIpc) is 2.29. The fourth-order valence-corrected chi connectivity index (χ4v) is 1.54. The maximum Gasteiger partial charge on any atom is 0.222 e. The van der Waals surface area contributed by atoms with Gasteiger partial charge in [0.15, 0.2) is 0 Å². The summed E-state index contributed by atoms with van der Waals surface area (Å²) in [7, 11) is 0. The van der Waals surface area contributed by atoms with Crippen LogP contribution in [0.15, 0.2) is 24.5 Å². The fourth-order valence-electron chi connectivity index (χ4n) is 1.54. The van der Waals surface area contributed by atoms with E-state index in [1.165, 1.54) is 5.56 Å². The highest BCUT2D eigenvalue weighted by molar-refractivity contribution is 5.76. The molecule has 1 rings (SSSR count). The van der Waals surface area contributed by atoms with E-state index in [1.807, 2.05) is 30.9 Å². The van der Waals surface area contributed by atoms with Crippen LogP contribution in [0.4, 0.5) is 0 Å². The van der Waals surface area contributed by atoms with Crippen LogP contribution in [0.2, 0.25) is 0 Å². The Labute approximate surface area is 91.1 Å². The van der Waals surface area contributed by atoms with Gasteiger partial charge in [-0.2, -0.15) is 0 Å². The second-order valence-electron chi connectivity index (χ2n) is 3.42. The van der Waals surface area contributed by atoms with E-state index in [4.69, 9.17) is 0 Å². The number of amides is 1. The first-order chi connectivity index (χ1) is 7.27. The molecule has 3 nitrogen and oxygen atoms in total. The summed E-state index contributed by atoms with van der Waals surface area (Å²) in [6, 6.07) is 3.91. The monoisotopic (exact) mass is 206 g/mol. The first-order valence-corrected chi connectivity index (χ1v) is 5.44. The Bertz CT molecular complexity index is 294. The minimum absolute atomic E-state index is 0.233. The summed E-state index contributed by atoms with van der Waals surface area (Å²) in [6.07, 6.45) is 4.91. The average molecular weight is 206 g/mol. The van der Waals surface area contributed by atoms with Gasteiger partial charge in [-0.3, -0.25) is 9.78 Å². The summed E-state index contributed by atoms with van der Waals surface area (Å²) < 4.78 is 0. The maximum atomic E-state index is 11.7. The van der Waals surface area contributed by atoms with Crippen molar-refractivity contribution >= 4 is 5.91 Å². The van der Waals surface area contributed by atoms with E-state index in [2.05, 4.69) is 4.98 Å². The molecule has 0 radical (unpaired) electrons. The molecule has 0 aromatic carbocycles. The predicted octanol–water partition coefficient (Wildman–Crippen LogP) is 1.88. The largest absolute Gasteiger partial charge is 0.343 e. The second-order valence-corrected chi connectivity index (χ2v) is 3.42. The normalized spacial score (nSPS) is 10.0. The van der Waals surface area contributed by atoms with Gasteiger partial charge in [-0.15, -0.1) is 0 Å². The lowest BCUT2D eigenvalue weighted by atomic mass is 10.1. The van der Waals surface area contributed by atoms with Crippen molar-refractivity contribution < 1.29 is 4.79 Å². The molecule has 1 aromatic rings. The van der Waals surface area contributed by atoms with Gasteiger partial charge in [0.25, 0.3) is 0 Å². The van der Waals surface area contributed by atoms with E-state index < -0.39 is 0 Å². The van der Waals surface area contributed by atoms with Crippen LogP contribution < -0.4 is 0 Å². The van der Waals surface area contributed by atoms with Crippen LogP contribution >= 0.6 is 0 Å². The van der Waals surface area contributed by atoms with Crippen LogP contribution in [0, 0.1) is 0 Å². The Hall–Kier alpha value is -1.38. The quantitative estimate of drug-likeness (QED) is 0.737. The SMILES string of the molecule is CCN(CC)C(=O)CCc1ccncc1. The summed E-state index contributed by atoms with van der Waals surface area (Å²) in [5.41, 5.74) is 1.17. The molecule has 0 saturated heterocycles. The van der Waals surface area contributed by atoms with Crippen molar-refractivity contribution in [3.05, 3.63) is 30.1 Å². The van der Waals surface area contributed by atoms with E-state index >= 15 is 0 Å². The van der Waals surface area contributed by atoms with Gasteiger partial charge in [-0.25, -0.2) is 0 Å². The van der Waals surface area contributed by atoms with Crippen molar-refractivity contribution in [3.8, 4) is 0 Å². The smallest absolute Gasteiger partial charge is 0.222 e. The lowest BCUT2D eigenvalue weighted by molar-refractivity contribution is -0.130. The third-order valence-corrected chi connectivity index (χ3v) is 2.49. The highest BCUT2D eigenvalue weighted by atomic mass is 16.2. The molecule has 3 heteroatoms. The number of carbonyl (C=O) groups is 1. The van der Waals surface area contributed by atoms with Crippen LogP contribution in [-0.4, -0.2) is 28.9 Å². The molecule has 0 spiro atoms. The van der Waals surface area contributed by atoms with Gasteiger partial charge in [-0.05, 0) is 38.0 Å². The summed E-state index contributed by atoms with van der Waals surface area (Å²) >= 11 is 0. The van der Waals surface area contributed by atoms with E-state index in [1.54, 1.807) is 12.4 Å². The van der Waals surface area contributed by atoms with Crippen LogP contribution in [0.25, 0.3) is 0 Å². The minimum atomic E-state index is 0.233. The van der Waals surface area contributed by atoms with Crippen LogP contribution in [0.5, 0.6) is 0 Å². The van der Waals surface area contributed by atoms with Crippen molar-refractivity contribution in [2.45, 2.75) is 26.7 Å². The second kappa shape index (κ2) is 6.17. The van der Waals surface area contributed by atoms with Crippen LogP contribution in [-0.2, 0) is 11.2 Å². The topological polar surface area (TPSA) is 33.2 Å². The van der Waals surface area contributed by atoms with Crippen molar-refractivity contribution in [3.63, 3.8) is 0 Å². The number of hydrogen-bond acceptors (Lipinski definition) is 2. The Morgan fingerprint density at radius 2 is 1.87 bits per heavy atom. The molecular weight excluding hydrogens is 188 g/mol. The van der Waals surface area contributed by atoms with Gasteiger partial charge < -0.3 is 4.90 Å². The molecular formula is C12H18N2O. The van der Waals surface area contributed by atoms with Crippen LogP contribution in [0.3, 0.4) is 0 Å². The Morgan fingerprint density at radius 1 is 1.27 bits per heavy atom. The zero-order valence-electron chi connectivity index (χ0n) is 9.44. The predicted molar refractivity (Wildman–Crippen MR) is 60.5 cm³/mol. The molecule has 0 aliphatic rings. The maximum absolute atomic E-state index is 11.7. The third-order valence-electron chi connectivity index (χ3n) is 2.49. The van der Waals surface area contributed by atoms with Crippen molar-refractivity contribution in [2.24, 2.45) is 0 Å². The Morgan fingerprint density at radius 3 is 2.40 bits per heavy atom. The van der Waals surface area contributed by atoms with Gasteiger partial charge in [0.05, 0.1) is 0 Å². The fraction of sp³-hybridized carbons (Fsp3) is 0.500. The zero-order valence-corrected chi connectivity index (χ0v) is 9.44. The number of hydrogen-bond donors (Lipinski definition) is 0. The minimum Gasteiger partial charge on any atom is -0.343 e. The molecule has 0 saturated carbocycles. The molecule has 0 unspecified atom stereocenters. The lowest BCUT2D eigenvalue weighted by Gasteiger charge is -2.18. The van der Waals surface area contributed by atoms with E-state index in [-0.39, 0.29) is 5.91 Å². The number of nitrogens with zero attached hydrogens (tertiary/aromatic N) is 2. The summed E-state index contributed by atoms with van der Waals surface area (Å²) in [5, 5.41) is 0. The van der Waals surface area contributed by atoms with E-state index in [0.29, 0.717) is 6.42 Å². The van der Waals surface area contributed by atoms with Gasteiger partial charge in [-0.1, -0.05) is 0 Å². The Balaban J connectivity index is 2.40. The number of rotatable bonds is 5. The van der Waals surface area contributed by atoms with Crippen molar-refractivity contribution in [2.75, 3.05) is 13.1 Å². The van der Waals surface area contributed by atoms with Crippen LogP contribution in [0.1, 0.15) is 25.8 Å². The molecule has 0 atom stereocenters. The standard InChI is InChI=1S/C12H18N2O/c1-3-14(4-2)12(15)6-5-11-7-9-13-10-8-11/h7-10H,3-6H2,1-2H3. The number of pyridine rings is 1. The zero-order chi connectivity index (χ0) is 11.1. The molecule has 0 N–H and O–H groups in total. The highest BCUT2D eigenvalue weighted by Gasteiger charge is 2.08. The van der Waals surface area contributed by atoms with Gasteiger partial charge in [0.2, 0.25) is 5.91 Å². The summed E-state index contributed by atoms with van der Waals surface area (Å²) in [6.45, 7) is 5.61. The van der Waals surface area contributed by atoms with Gasteiger partial charge in [0, 0.05) is 31.9 Å². The molecule has 1 amide bonds. The van der Waals surface area contributed by atoms with Gasteiger partial charge in [0.1, 0.15) is 0 Å². The first-order valence-electron chi connectivity index (χ1n) is 5.44. The number of aromatic nitrogens is 1. The van der Waals surface area contributed by atoms with E-state index in [0.717, 1.165) is 19.5 Å². The number of carbonyl (C=O) groups excluding carboxylic acids is 1. The molecule has 0 bridgehead atoms. The molecule has 1 aromatic heterocycles. The van der Waals surface area contributed by atoms with Crippen molar-refractivity contribution in [1.29, 1.82) is 0 Å². The molecule has 15 heavy (non-hydrogen) atoms. The molecule has 0 aliphatic heterocycles. The molecule has 0 fully saturated rings. The first kappa shape index (κ1) is 11.7. The Kier molecular flexibility index (Phi) is 4.81. The molecule has 1 heterocycles. The molecule has 82 valence electrons. The molecule has 0 aliphatic carbocycles. The van der Waals surface area contributed by atoms with E-state index in [9.17, 15) is 4.79 Å². The summed E-state index contributed by atoms with van der Waals surface area (Å²) in [4.78, 5) is 17.5. The van der Waals surface area contributed by atoms with Crippen molar-refractivity contribution in [1.82, 2.24) is 9.88 Å². The summed E-state index contributed by atoms with van der Waals surface area (Å²) in [5.74, 6) is 0.233. The highest BCUT2D eigenvalue weighted by Crippen LogP contribution is 2.03. The number of aryl methyl sites for hydroxylation is 1. The third kappa shape index (κ3) is 3.70. The van der Waals surface area contributed by atoms with Gasteiger partial charge >= 0.3 is 0 Å².